The highest BCUT2D eigenvalue weighted by atomic mass is 16.2. The summed E-state index contributed by atoms with van der Waals surface area (Å²) in [5.41, 5.74) is 3.02. The van der Waals surface area contributed by atoms with Crippen LogP contribution in [0.5, 0.6) is 0 Å². The lowest BCUT2D eigenvalue weighted by Crippen LogP contribution is -2.50. The number of piperidine rings is 1. The van der Waals surface area contributed by atoms with Crippen molar-refractivity contribution in [1.82, 2.24) is 20.0 Å². The molecule has 1 amide bonds. The van der Waals surface area contributed by atoms with Crippen LogP contribution in [0.25, 0.3) is 11.3 Å². The summed E-state index contributed by atoms with van der Waals surface area (Å²) in [5.74, 6) is 0.176. The highest BCUT2D eigenvalue weighted by Crippen LogP contribution is 2.31. The first-order chi connectivity index (χ1) is 12.0. The Morgan fingerprint density at radius 2 is 2.08 bits per heavy atom. The van der Waals surface area contributed by atoms with Crippen LogP contribution in [-0.2, 0) is 18.4 Å². The van der Waals surface area contributed by atoms with Crippen molar-refractivity contribution in [2.45, 2.75) is 33.2 Å². The number of hydrogen-bond donors (Lipinski definition) is 1. The Bertz CT molecular complexity index is 725. The predicted molar refractivity (Wildman–Crippen MR) is 99.9 cm³/mol. The van der Waals surface area contributed by atoms with E-state index in [2.05, 4.69) is 40.4 Å². The van der Waals surface area contributed by atoms with Gasteiger partial charge in [-0.05, 0) is 39.3 Å². The Hall–Kier alpha value is -2.14. The highest BCUT2D eigenvalue weighted by Gasteiger charge is 2.37. The van der Waals surface area contributed by atoms with E-state index < -0.39 is 0 Å². The average Bonchev–Trinajstić information content (AvgIpc) is 2.97. The Morgan fingerprint density at radius 3 is 2.80 bits per heavy atom. The molecular formula is C20H28N4O. The Kier molecular flexibility index (Phi) is 5.23. The molecule has 1 saturated heterocycles. The van der Waals surface area contributed by atoms with Gasteiger partial charge in [-0.3, -0.25) is 14.4 Å². The summed E-state index contributed by atoms with van der Waals surface area (Å²) in [5, 5.41) is 7.65. The second-order valence-corrected chi connectivity index (χ2v) is 7.24. The fourth-order valence-electron chi connectivity index (χ4n) is 3.67. The maximum Gasteiger partial charge on any atom is 0.227 e. The molecule has 0 aliphatic carbocycles. The fourth-order valence-corrected chi connectivity index (χ4v) is 3.67. The quantitative estimate of drug-likeness (QED) is 0.910. The molecular weight excluding hydrogens is 312 g/mol. The number of likely N-dealkylation sites (tertiary alicyclic amines) is 1. The van der Waals surface area contributed by atoms with Gasteiger partial charge in [0.15, 0.2) is 0 Å². The molecule has 1 fully saturated rings. The van der Waals surface area contributed by atoms with Gasteiger partial charge in [-0.15, -0.1) is 0 Å². The Morgan fingerprint density at radius 1 is 1.32 bits per heavy atom. The van der Waals surface area contributed by atoms with Crippen molar-refractivity contribution in [2.75, 3.05) is 19.6 Å². The number of carbonyl (C=O) groups is 1. The molecule has 1 aliphatic heterocycles. The van der Waals surface area contributed by atoms with Gasteiger partial charge in [0.25, 0.3) is 0 Å². The monoisotopic (exact) mass is 340 g/mol. The van der Waals surface area contributed by atoms with E-state index in [0.717, 1.165) is 43.7 Å². The molecule has 2 aromatic rings. The third kappa shape index (κ3) is 3.93. The fraction of sp³-hybridized carbons (Fsp3) is 0.500. The lowest BCUT2D eigenvalue weighted by atomic mass is 9.81. The standard InChI is InChI=1S/C20H28N4O/c1-4-21-19(25)20(2)11-8-12-24(15-20)14-17-13-18(22-23(17)3)16-9-6-5-7-10-16/h5-7,9-10,13H,4,8,11-12,14-15H2,1-3H3,(H,21,25). The van der Waals surface area contributed by atoms with E-state index in [4.69, 9.17) is 0 Å². The summed E-state index contributed by atoms with van der Waals surface area (Å²) in [6.45, 7) is 7.40. The van der Waals surface area contributed by atoms with Crippen LogP contribution >= 0.6 is 0 Å². The molecule has 0 bridgehead atoms. The minimum Gasteiger partial charge on any atom is -0.356 e. The highest BCUT2D eigenvalue weighted by molar-refractivity contribution is 5.82. The van der Waals surface area contributed by atoms with Crippen molar-refractivity contribution < 1.29 is 4.79 Å². The van der Waals surface area contributed by atoms with Gasteiger partial charge in [0.1, 0.15) is 0 Å². The van der Waals surface area contributed by atoms with Crippen molar-refractivity contribution in [1.29, 1.82) is 0 Å². The summed E-state index contributed by atoms with van der Waals surface area (Å²) in [6.07, 6.45) is 2.01. The molecule has 1 aromatic carbocycles. The molecule has 0 radical (unpaired) electrons. The van der Waals surface area contributed by atoms with Gasteiger partial charge in [-0.2, -0.15) is 5.10 Å². The van der Waals surface area contributed by atoms with E-state index in [1.165, 1.54) is 5.69 Å². The molecule has 3 rings (SSSR count). The number of aromatic nitrogens is 2. The average molecular weight is 340 g/mol. The number of rotatable bonds is 5. The molecule has 1 unspecified atom stereocenters. The van der Waals surface area contributed by atoms with Gasteiger partial charge in [0.05, 0.1) is 16.8 Å². The topological polar surface area (TPSA) is 50.2 Å². The number of hydrogen-bond acceptors (Lipinski definition) is 3. The number of amides is 1. The molecule has 25 heavy (non-hydrogen) atoms. The molecule has 5 nitrogen and oxygen atoms in total. The number of aryl methyl sites for hydroxylation is 1. The van der Waals surface area contributed by atoms with Crippen LogP contribution in [0, 0.1) is 5.41 Å². The first-order valence-corrected chi connectivity index (χ1v) is 9.11. The second-order valence-electron chi connectivity index (χ2n) is 7.24. The van der Waals surface area contributed by atoms with Gasteiger partial charge >= 0.3 is 0 Å². The molecule has 2 heterocycles. The molecule has 134 valence electrons. The zero-order valence-corrected chi connectivity index (χ0v) is 15.5. The smallest absolute Gasteiger partial charge is 0.227 e. The van der Waals surface area contributed by atoms with Crippen LogP contribution in [-0.4, -0.2) is 40.2 Å². The largest absolute Gasteiger partial charge is 0.356 e. The number of benzene rings is 1. The lowest BCUT2D eigenvalue weighted by molar-refractivity contribution is -0.133. The number of nitrogens with zero attached hydrogens (tertiary/aromatic N) is 3. The summed E-state index contributed by atoms with van der Waals surface area (Å²) in [7, 11) is 1.99. The van der Waals surface area contributed by atoms with Gasteiger partial charge in [-0.25, -0.2) is 0 Å². The molecule has 1 aliphatic rings. The Balaban J connectivity index is 1.72. The summed E-state index contributed by atoms with van der Waals surface area (Å²) in [4.78, 5) is 14.8. The van der Waals surface area contributed by atoms with Crippen LogP contribution in [0.3, 0.4) is 0 Å². The number of nitrogens with one attached hydrogen (secondary N) is 1. The van der Waals surface area contributed by atoms with Gasteiger partial charge in [0.2, 0.25) is 5.91 Å². The third-order valence-electron chi connectivity index (χ3n) is 5.09. The minimum atomic E-state index is -0.297. The Labute approximate surface area is 150 Å². The summed E-state index contributed by atoms with van der Waals surface area (Å²) < 4.78 is 1.96. The van der Waals surface area contributed by atoms with Crippen LogP contribution in [0.4, 0.5) is 0 Å². The SMILES string of the molecule is CCNC(=O)C1(C)CCCN(Cc2cc(-c3ccccc3)nn2C)C1. The normalized spacial score (nSPS) is 21.2. The summed E-state index contributed by atoms with van der Waals surface area (Å²) in [6, 6.07) is 12.4. The second kappa shape index (κ2) is 7.40. The van der Waals surface area contributed by atoms with Crippen molar-refractivity contribution >= 4 is 5.91 Å². The molecule has 1 aromatic heterocycles. The minimum absolute atomic E-state index is 0.176. The first kappa shape index (κ1) is 17.7. The molecule has 0 saturated carbocycles. The van der Waals surface area contributed by atoms with Crippen molar-refractivity contribution in [3.8, 4) is 11.3 Å². The van der Waals surface area contributed by atoms with Crippen LogP contribution in [0.15, 0.2) is 36.4 Å². The van der Waals surface area contributed by atoms with Crippen molar-refractivity contribution in [3.05, 3.63) is 42.1 Å². The van der Waals surface area contributed by atoms with E-state index in [1.807, 2.05) is 36.9 Å². The van der Waals surface area contributed by atoms with Crippen molar-refractivity contribution in [2.24, 2.45) is 12.5 Å². The molecule has 1 N–H and O–H groups in total. The molecule has 0 spiro atoms. The van der Waals surface area contributed by atoms with E-state index in [0.29, 0.717) is 6.54 Å². The van der Waals surface area contributed by atoms with E-state index in [9.17, 15) is 4.79 Å². The summed E-state index contributed by atoms with van der Waals surface area (Å²) >= 11 is 0. The zero-order chi connectivity index (χ0) is 17.9. The van der Waals surface area contributed by atoms with Crippen molar-refractivity contribution in [3.63, 3.8) is 0 Å². The van der Waals surface area contributed by atoms with Gasteiger partial charge in [0, 0.05) is 32.2 Å². The van der Waals surface area contributed by atoms with E-state index in [1.54, 1.807) is 0 Å². The van der Waals surface area contributed by atoms with E-state index in [-0.39, 0.29) is 11.3 Å². The maximum absolute atomic E-state index is 12.4. The molecule has 5 heteroatoms. The van der Waals surface area contributed by atoms with E-state index >= 15 is 0 Å². The maximum atomic E-state index is 12.4. The van der Waals surface area contributed by atoms with Crippen LogP contribution < -0.4 is 5.32 Å². The predicted octanol–water partition coefficient (Wildman–Crippen LogP) is 2.83. The lowest BCUT2D eigenvalue weighted by Gasteiger charge is -2.39. The number of carbonyl (C=O) groups excluding carboxylic acids is 1. The third-order valence-corrected chi connectivity index (χ3v) is 5.09. The van der Waals surface area contributed by atoms with Crippen LogP contribution in [0.1, 0.15) is 32.4 Å². The van der Waals surface area contributed by atoms with Gasteiger partial charge in [-0.1, -0.05) is 30.3 Å². The first-order valence-electron chi connectivity index (χ1n) is 9.11. The molecule has 1 atom stereocenters. The van der Waals surface area contributed by atoms with Gasteiger partial charge < -0.3 is 5.32 Å². The zero-order valence-electron chi connectivity index (χ0n) is 15.5. The van der Waals surface area contributed by atoms with Crippen LogP contribution in [0.2, 0.25) is 0 Å².